The van der Waals surface area contributed by atoms with Crippen molar-refractivity contribution < 1.29 is 20.1 Å². The third kappa shape index (κ3) is 1.47. The molecule has 4 heteroatoms. The van der Waals surface area contributed by atoms with Crippen LogP contribution in [0.2, 0.25) is 0 Å². The SMILES string of the molecule is O=[C]Cc1c(O)cc(O)cc1O. The predicted octanol–water partition coefficient (Wildman–Crippen LogP) is 0.456. The molecule has 1 aromatic carbocycles. The molecule has 0 aliphatic heterocycles. The molecule has 12 heavy (non-hydrogen) atoms. The molecule has 0 atom stereocenters. The van der Waals surface area contributed by atoms with Gasteiger partial charge in [-0.15, -0.1) is 0 Å². The zero-order valence-electron chi connectivity index (χ0n) is 6.11. The van der Waals surface area contributed by atoms with Crippen molar-refractivity contribution in [2.45, 2.75) is 6.42 Å². The molecule has 4 nitrogen and oxygen atoms in total. The van der Waals surface area contributed by atoms with Crippen LogP contribution >= 0.6 is 0 Å². The van der Waals surface area contributed by atoms with Gasteiger partial charge < -0.3 is 15.3 Å². The van der Waals surface area contributed by atoms with E-state index in [1.807, 2.05) is 0 Å². The van der Waals surface area contributed by atoms with Crippen LogP contribution < -0.4 is 0 Å². The summed E-state index contributed by atoms with van der Waals surface area (Å²) in [5.74, 6) is -0.869. The molecule has 0 fully saturated rings. The Kier molecular flexibility index (Phi) is 2.19. The van der Waals surface area contributed by atoms with E-state index in [2.05, 4.69) is 0 Å². The molecule has 0 saturated carbocycles. The van der Waals surface area contributed by atoms with Crippen molar-refractivity contribution in [2.75, 3.05) is 0 Å². The summed E-state index contributed by atoms with van der Waals surface area (Å²) < 4.78 is 0. The third-order valence-corrected chi connectivity index (χ3v) is 1.44. The Morgan fingerprint density at radius 2 is 1.67 bits per heavy atom. The zero-order chi connectivity index (χ0) is 9.14. The van der Waals surface area contributed by atoms with E-state index in [0.717, 1.165) is 12.1 Å². The van der Waals surface area contributed by atoms with Crippen molar-refractivity contribution in [1.29, 1.82) is 0 Å². The summed E-state index contributed by atoms with van der Waals surface area (Å²) in [6.45, 7) is 0. The monoisotopic (exact) mass is 167 g/mol. The lowest BCUT2D eigenvalue weighted by atomic mass is 10.1. The quantitative estimate of drug-likeness (QED) is 0.597. The van der Waals surface area contributed by atoms with Crippen molar-refractivity contribution in [1.82, 2.24) is 0 Å². The Balaban J connectivity index is 3.18. The lowest BCUT2D eigenvalue weighted by Gasteiger charge is -2.03. The van der Waals surface area contributed by atoms with E-state index in [1.54, 1.807) is 0 Å². The summed E-state index contributed by atoms with van der Waals surface area (Å²) in [7, 11) is 0. The number of phenolic OH excluding ortho intramolecular Hbond substituents is 3. The first-order chi connectivity index (χ1) is 5.65. The van der Waals surface area contributed by atoms with Gasteiger partial charge in [0.1, 0.15) is 17.2 Å². The van der Waals surface area contributed by atoms with E-state index < -0.39 is 0 Å². The number of hydrogen-bond donors (Lipinski definition) is 3. The molecule has 0 aliphatic rings. The largest absolute Gasteiger partial charge is 0.508 e. The van der Waals surface area contributed by atoms with Crippen LogP contribution in [0.5, 0.6) is 17.2 Å². The predicted molar refractivity (Wildman–Crippen MR) is 40.8 cm³/mol. The first kappa shape index (κ1) is 8.39. The van der Waals surface area contributed by atoms with E-state index in [9.17, 15) is 4.79 Å². The van der Waals surface area contributed by atoms with Crippen molar-refractivity contribution in [2.24, 2.45) is 0 Å². The molecule has 3 N–H and O–H groups in total. The number of carbonyl (C=O) groups excluding carboxylic acids is 1. The lowest BCUT2D eigenvalue weighted by molar-refractivity contribution is 0.420. The summed E-state index contributed by atoms with van der Waals surface area (Å²) in [6, 6.07) is 2.10. The minimum Gasteiger partial charge on any atom is -0.508 e. The van der Waals surface area contributed by atoms with E-state index in [4.69, 9.17) is 15.3 Å². The topological polar surface area (TPSA) is 77.8 Å². The van der Waals surface area contributed by atoms with Crippen LogP contribution in [0.3, 0.4) is 0 Å². The Morgan fingerprint density at radius 1 is 1.17 bits per heavy atom. The molecule has 0 aliphatic carbocycles. The van der Waals surface area contributed by atoms with Crippen molar-refractivity contribution >= 4 is 6.29 Å². The average molecular weight is 167 g/mol. The lowest BCUT2D eigenvalue weighted by Crippen LogP contribution is -1.87. The highest BCUT2D eigenvalue weighted by Gasteiger charge is 2.08. The van der Waals surface area contributed by atoms with Crippen LogP contribution in [0.4, 0.5) is 0 Å². The highest BCUT2D eigenvalue weighted by atomic mass is 16.3. The number of phenols is 3. The molecule has 0 amide bonds. The highest BCUT2D eigenvalue weighted by molar-refractivity contribution is 5.62. The highest BCUT2D eigenvalue weighted by Crippen LogP contribution is 2.31. The summed E-state index contributed by atoms with van der Waals surface area (Å²) in [5, 5.41) is 27.1. The van der Waals surface area contributed by atoms with E-state index >= 15 is 0 Å². The molecule has 0 aromatic heterocycles. The second-order valence-electron chi connectivity index (χ2n) is 2.28. The number of hydrogen-bond acceptors (Lipinski definition) is 4. The number of aromatic hydroxyl groups is 3. The molecule has 1 aromatic rings. The first-order valence-electron chi connectivity index (χ1n) is 3.24. The fourth-order valence-electron chi connectivity index (χ4n) is 0.881. The summed E-state index contributed by atoms with van der Waals surface area (Å²) in [4.78, 5) is 9.95. The maximum atomic E-state index is 9.95. The van der Waals surface area contributed by atoms with E-state index in [1.165, 1.54) is 6.29 Å². The average Bonchev–Trinajstić information content (AvgIpc) is 1.96. The van der Waals surface area contributed by atoms with Crippen LogP contribution in [0.15, 0.2) is 12.1 Å². The second kappa shape index (κ2) is 3.13. The summed E-state index contributed by atoms with van der Waals surface area (Å²) >= 11 is 0. The third-order valence-electron chi connectivity index (χ3n) is 1.44. The normalized spacial score (nSPS) is 9.67. The van der Waals surface area contributed by atoms with Gasteiger partial charge in [0.2, 0.25) is 6.29 Å². The summed E-state index contributed by atoms with van der Waals surface area (Å²) in [5.41, 5.74) is 0.0720. The van der Waals surface area contributed by atoms with Gasteiger partial charge in [0.25, 0.3) is 0 Å². The van der Waals surface area contributed by atoms with Gasteiger partial charge in [0.05, 0.1) is 0 Å². The fraction of sp³-hybridized carbons (Fsp3) is 0.125. The Morgan fingerprint density at radius 3 is 2.08 bits per heavy atom. The molecule has 0 saturated heterocycles. The fourth-order valence-corrected chi connectivity index (χ4v) is 0.881. The van der Waals surface area contributed by atoms with Crippen LogP contribution in [0.25, 0.3) is 0 Å². The van der Waals surface area contributed by atoms with Crippen LogP contribution in [0.1, 0.15) is 5.56 Å². The zero-order valence-corrected chi connectivity index (χ0v) is 6.11. The Labute approximate surface area is 68.7 Å². The van der Waals surface area contributed by atoms with Crippen molar-refractivity contribution in [3.8, 4) is 17.2 Å². The van der Waals surface area contributed by atoms with Crippen LogP contribution in [-0.4, -0.2) is 21.6 Å². The smallest absolute Gasteiger partial charge is 0.203 e. The van der Waals surface area contributed by atoms with Gasteiger partial charge >= 0.3 is 0 Å². The van der Waals surface area contributed by atoms with Gasteiger partial charge in [0.15, 0.2) is 0 Å². The minimum atomic E-state index is -0.309. The molecular formula is C8H7O4. The Bertz CT molecular complexity index is 283. The van der Waals surface area contributed by atoms with E-state index in [-0.39, 0.29) is 29.2 Å². The molecule has 0 bridgehead atoms. The van der Waals surface area contributed by atoms with Gasteiger partial charge in [0, 0.05) is 24.1 Å². The van der Waals surface area contributed by atoms with Crippen LogP contribution in [-0.2, 0) is 11.2 Å². The standard InChI is InChI=1S/C8H7O4/c9-2-1-6-7(11)3-5(10)4-8(6)12/h3-4,10-12H,1H2. The number of benzene rings is 1. The first-order valence-corrected chi connectivity index (χ1v) is 3.24. The van der Waals surface area contributed by atoms with Gasteiger partial charge in [-0.05, 0) is 0 Å². The minimum absolute atomic E-state index is 0.0720. The molecular weight excluding hydrogens is 160 g/mol. The van der Waals surface area contributed by atoms with Gasteiger partial charge in [-0.25, -0.2) is 0 Å². The van der Waals surface area contributed by atoms with Gasteiger partial charge in [-0.2, -0.15) is 0 Å². The van der Waals surface area contributed by atoms with Crippen molar-refractivity contribution in [3.05, 3.63) is 17.7 Å². The number of rotatable bonds is 2. The Hall–Kier alpha value is -1.71. The molecule has 1 rings (SSSR count). The molecule has 0 spiro atoms. The molecule has 0 unspecified atom stereocenters. The van der Waals surface area contributed by atoms with Gasteiger partial charge in [-0.3, -0.25) is 4.79 Å². The maximum Gasteiger partial charge on any atom is 0.203 e. The maximum absolute atomic E-state index is 9.95. The van der Waals surface area contributed by atoms with Crippen LogP contribution in [0, 0.1) is 0 Å². The second-order valence-corrected chi connectivity index (χ2v) is 2.28. The van der Waals surface area contributed by atoms with E-state index in [0.29, 0.717) is 0 Å². The van der Waals surface area contributed by atoms with Crippen molar-refractivity contribution in [3.63, 3.8) is 0 Å². The summed E-state index contributed by atoms with van der Waals surface area (Å²) in [6.07, 6.45) is 1.34. The molecule has 63 valence electrons. The van der Waals surface area contributed by atoms with Gasteiger partial charge in [-0.1, -0.05) is 0 Å². The molecule has 0 heterocycles. The molecule has 1 radical (unpaired) electrons.